The molecule has 106 valence electrons. The molecule has 0 aliphatic rings. The van der Waals surface area contributed by atoms with Crippen LogP contribution in [-0.2, 0) is 9.47 Å². The molecule has 1 atom stereocenters. The summed E-state index contributed by atoms with van der Waals surface area (Å²) in [6.07, 6.45) is 2.18. The summed E-state index contributed by atoms with van der Waals surface area (Å²) in [5.41, 5.74) is 0.561. The van der Waals surface area contributed by atoms with Crippen molar-refractivity contribution in [2.24, 2.45) is 0 Å². The van der Waals surface area contributed by atoms with Crippen molar-refractivity contribution in [3.63, 3.8) is 0 Å². The normalized spacial score (nSPS) is 11.9. The third-order valence-corrected chi connectivity index (χ3v) is 2.51. The number of methoxy groups -OCH3 is 1. The molecule has 2 heterocycles. The van der Waals surface area contributed by atoms with Gasteiger partial charge in [-0.15, -0.1) is 0 Å². The molecular weight excluding hydrogens is 260 g/mol. The van der Waals surface area contributed by atoms with Crippen LogP contribution in [0.25, 0.3) is 0 Å². The van der Waals surface area contributed by atoms with Crippen LogP contribution < -0.4 is 5.32 Å². The Balaban J connectivity index is 2.10. The lowest BCUT2D eigenvalue weighted by atomic mass is 10.3. The van der Waals surface area contributed by atoms with Crippen molar-refractivity contribution in [3.8, 4) is 0 Å². The Hall–Kier alpha value is -2.41. The van der Waals surface area contributed by atoms with Crippen molar-refractivity contribution in [2.75, 3.05) is 19.0 Å². The third kappa shape index (κ3) is 3.33. The van der Waals surface area contributed by atoms with Crippen molar-refractivity contribution in [2.45, 2.75) is 13.2 Å². The molecule has 0 saturated heterocycles. The number of aromatic nitrogens is 3. The van der Waals surface area contributed by atoms with Gasteiger partial charge in [-0.1, -0.05) is 6.07 Å². The Kier molecular flexibility index (Phi) is 4.67. The predicted molar refractivity (Wildman–Crippen MR) is 72.3 cm³/mol. The van der Waals surface area contributed by atoms with Gasteiger partial charge in [-0.3, -0.25) is 0 Å². The van der Waals surface area contributed by atoms with Gasteiger partial charge >= 0.3 is 6.09 Å². The van der Waals surface area contributed by atoms with Crippen molar-refractivity contribution < 1.29 is 14.3 Å². The van der Waals surface area contributed by atoms with Gasteiger partial charge < -0.3 is 14.8 Å². The zero-order chi connectivity index (χ0) is 14.4. The van der Waals surface area contributed by atoms with E-state index in [0.717, 1.165) is 4.68 Å². The topological polar surface area (TPSA) is 78.3 Å². The maximum atomic E-state index is 11.5. The Bertz CT molecular complexity index is 556. The lowest BCUT2D eigenvalue weighted by Gasteiger charge is -2.15. The summed E-state index contributed by atoms with van der Waals surface area (Å²) in [4.78, 5) is 15.7. The number of pyridine rings is 1. The summed E-state index contributed by atoms with van der Waals surface area (Å²) in [6, 6.07) is 7.18. The van der Waals surface area contributed by atoms with E-state index in [1.807, 2.05) is 18.2 Å². The van der Waals surface area contributed by atoms with Crippen LogP contribution >= 0.6 is 0 Å². The molecule has 0 bridgehead atoms. The van der Waals surface area contributed by atoms with Gasteiger partial charge in [-0.05, 0) is 25.1 Å². The van der Waals surface area contributed by atoms with Gasteiger partial charge in [-0.25, -0.2) is 9.78 Å². The van der Waals surface area contributed by atoms with Gasteiger partial charge in [0.2, 0.25) is 0 Å². The molecule has 7 nitrogen and oxygen atoms in total. The molecule has 0 aliphatic carbocycles. The average Bonchev–Trinajstić information content (AvgIpc) is 2.96. The summed E-state index contributed by atoms with van der Waals surface area (Å²) in [6.45, 7) is 2.04. The van der Waals surface area contributed by atoms with E-state index in [-0.39, 0.29) is 0 Å². The monoisotopic (exact) mass is 276 g/mol. The number of nitrogens with zero attached hydrogens (tertiary/aromatic N) is 3. The zero-order valence-electron chi connectivity index (χ0n) is 11.3. The van der Waals surface area contributed by atoms with E-state index in [0.29, 0.717) is 18.1 Å². The van der Waals surface area contributed by atoms with E-state index in [2.05, 4.69) is 15.4 Å². The van der Waals surface area contributed by atoms with Crippen LogP contribution in [-0.4, -0.2) is 34.6 Å². The van der Waals surface area contributed by atoms with Gasteiger partial charge in [-0.2, -0.15) is 9.78 Å². The number of nitrogens with one attached hydrogen (secondary N) is 1. The summed E-state index contributed by atoms with van der Waals surface area (Å²) in [7, 11) is 1.55. The molecule has 0 aromatic carbocycles. The molecule has 0 spiro atoms. The largest absolute Gasteiger partial charge is 0.448 e. The second kappa shape index (κ2) is 6.67. The fraction of sp³-hybridized carbons (Fsp3) is 0.308. The molecule has 0 fully saturated rings. The van der Waals surface area contributed by atoms with Crippen LogP contribution in [0.15, 0.2) is 36.7 Å². The molecule has 0 radical (unpaired) electrons. The molecule has 2 rings (SSSR count). The summed E-state index contributed by atoms with van der Waals surface area (Å²) < 4.78 is 11.3. The Morgan fingerprint density at radius 1 is 1.45 bits per heavy atom. The van der Waals surface area contributed by atoms with E-state index in [1.165, 1.54) is 6.20 Å². The number of hydrogen-bond acceptors (Lipinski definition) is 6. The molecule has 7 heteroatoms. The number of anilines is 1. The quantitative estimate of drug-likeness (QED) is 0.842. The number of carbonyl (C=O) groups excluding carboxylic acids is 1. The van der Waals surface area contributed by atoms with E-state index in [4.69, 9.17) is 9.47 Å². The Morgan fingerprint density at radius 3 is 2.95 bits per heavy atom. The van der Waals surface area contributed by atoms with Gasteiger partial charge in [0.05, 0.1) is 6.61 Å². The number of carbonyl (C=O) groups is 1. The molecule has 0 amide bonds. The first kappa shape index (κ1) is 14.0. The predicted octanol–water partition coefficient (Wildman–Crippen LogP) is 2.04. The molecule has 2 aromatic rings. The van der Waals surface area contributed by atoms with Crippen LogP contribution in [0.2, 0.25) is 0 Å². The van der Waals surface area contributed by atoms with Crippen molar-refractivity contribution in [1.82, 2.24) is 14.8 Å². The molecular formula is C13H16N4O3. The average molecular weight is 276 g/mol. The standard InChI is InChI=1S/C13H16N4O3/c1-3-20-13(18)17-9-7-10(16-17)12(19-2)15-11-6-4-5-8-14-11/h4-9,12H,3H2,1-2H3,(H,14,15). The smallest absolute Gasteiger partial charge is 0.434 e. The lowest BCUT2D eigenvalue weighted by Crippen LogP contribution is -2.17. The second-order valence-electron chi connectivity index (χ2n) is 3.86. The summed E-state index contributed by atoms with van der Waals surface area (Å²) >= 11 is 0. The van der Waals surface area contributed by atoms with E-state index in [1.54, 1.807) is 26.3 Å². The lowest BCUT2D eigenvalue weighted by molar-refractivity contribution is 0.121. The SMILES string of the molecule is CCOC(=O)n1ccc(C(Nc2ccccn2)OC)n1. The Morgan fingerprint density at radius 2 is 2.30 bits per heavy atom. The molecule has 20 heavy (non-hydrogen) atoms. The Labute approximate surface area is 116 Å². The van der Waals surface area contributed by atoms with E-state index in [9.17, 15) is 4.79 Å². The zero-order valence-corrected chi connectivity index (χ0v) is 11.3. The first-order valence-corrected chi connectivity index (χ1v) is 6.17. The van der Waals surface area contributed by atoms with E-state index < -0.39 is 12.3 Å². The van der Waals surface area contributed by atoms with Crippen molar-refractivity contribution >= 4 is 11.9 Å². The maximum absolute atomic E-state index is 11.5. The highest BCUT2D eigenvalue weighted by Crippen LogP contribution is 2.16. The number of rotatable bonds is 5. The van der Waals surface area contributed by atoms with Gasteiger partial charge in [0.25, 0.3) is 0 Å². The van der Waals surface area contributed by atoms with Crippen molar-refractivity contribution in [3.05, 3.63) is 42.4 Å². The molecule has 0 saturated carbocycles. The highest BCUT2D eigenvalue weighted by molar-refractivity contribution is 5.69. The molecule has 1 N–H and O–H groups in total. The molecule has 0 aliphatic heterocycles. The third-order valence-electron chi connectivity index (χ3n) is 2.51. The minimum absolute atomic E-state index is 0.300. The summed E-state index contributed by atoms with van der Waals surface area (Å²) in [5.74, 6) is 0.657. The van der Waals surface area contributed by atoms with Crippen molar-refractivity contribution in [1.29, 1.82) is 0 Å². The van der Waals surface area contributed by atoms with E-state index >= 15 is 0 Å². The first-order valence-electron chi connectivity index (χ1n) is 6.17. The molecule has 1 unspecified atom stereocenters. The van der Waals surface area contributed by atoms with Crippen LogP contribution in [0, 0.1) is 0 Å². The highest BCUT2D eigenvalue weighted by atomic mass is 16.6. The fourth-order valence-corrected chi connectivity index (χ4v) is 1.61. The first-order chi connectivity index (χ1) is 9.74. The van der Waals surface area contributed by atoms with Crippen LogP contribution in [0.3, 0.4) is 0 Å². The number of hydrogen-bond donors (Lipinski definition) is 1. The second-order valence-corrected chi connectivity index (χ2v) is 3.86. The minimum atomic E-state index is -0.522. The fourth-order valence-electron chi connectivity index (χ4n) is 1.61. The maximum Gasteiger partial charge on any atom is 0.434 e. The van der Waals surface area contributed by atoms with Crippen LogP contribution in [0.5, 0.6) is 0 Å². The van der Waals surface area contributed by atoms with Crippen LogP contribution in [0.1, 0.15) is 18.8 Å². The van der Waals surface area contributed by atoms with Gasteiger partial charge in [0.1, 0.15) is 11.5 Å². The van der Waals surface area contributed by atoms with Gasteiger partial charge in [0, 0.05) is 19.5 Å². The highest BCUT2D eigenvalue weighted by Gasteiger charge is 2.16. The molecule has 2 aromatic heterocycles. The number of ether oxygens (including phenoxy) is 2. The van der Waals surface area contributed by atoms with Crippen LogP contribution in [0.4, 0.5) is 10.6 Å². The van der Waals surface area contributed by atoms with Gasteiger partial charge in [0.15, 0.2) is 6.23 Å². The minimum Gasteiger partial charge on any atom is -0.448 e. The summed E-state index contributed by atoms with van der Waals surface area (Å²) in [5, 5.41) is 7.19.